The fourth-order valence-corrected chi connectivity index (χ4v) is 1.65. The number of aromatic nitrogens is 3. The fourth-order valence-electron chi connectivity index (χ4n) is 1.65. The monoisotopic (exact) mass is 260 g/mol. The normalized spacial score (nSPS) is 35.9. The van der Waals surface area contributed by atoms with E-state index < -0.39 is 36.7 Å². The van der Waals surface area contributed by atoms with Gasteiger partial charge in [-0.05, 0) is 0 Å². The van der Waals surface area contributed by atoms with E-state index in [0.717, 1.165) is 6.33 Å². The maximum atomic E-state index is 10.8. The molecule has 10 heteroatoms. The zero-order valence-electron chi connectivity index (χ0n) is 9.04. The lowest BCUT2D eigenvalue weighted by Gasteiger charge is -2.25. The average Bonchev–Trinajstić information content (AvgIpc) is 2.90. The Hall–Kier alpha value is -1.59. The molecule has 0 aliphatic carbocycles. The highest BCUT2D eigenvalue weighted by Crippen LogP contribution is 2.32. The van der Waals surface area contributed by atoms with Crippen LogP contribution in [0.4, 0.5) is 0 Å². The molecule has 2 heterocycles. The van der Waals surface area contributed by atoms with Gasteiger partial charge in [0.2, 0.25) is 5.82 Å². The van der Waals surface area contributed by atoms with Gasteiger partial charge in [-0.1, -0.05) is 0 Å². The zero-order valence-corrected chi connectivity index (χ0v) is 9.04. The number of aliphatic hydroxyl groups is 4. The maximum absolute atomic E-state index is 10.8. The molecule has 1 aliphatic rings. The first-order valence-electron chi connectivity index (χ1n) is 4.99. The Morgan fingerprint density at radius 2 is 2.28 bits per heavy atom. The smallest absolute Gasteiger partial charge is 0.300 e. The number of aliphatic hydroxyl groups excluding tert-OH is 3. The Bertz CT molecular complexity index is 464. The Labute approximate surface area is 100 Å². The van der Waals surface area contributed by atoms with Gasteiger partial charge in [0, 0.05) is 0 Å². The number of carbonyl (C=O) groups is 1. The number of hydrogen-bond acceptors (Lipinski definition) is 8. The third kappa shape index (κ3) is 1.76. The number of hydrogen-bond donors (Lipinski definition) is 5. The molecule has 2 rings (SSSR count). The summed E-state index contributed by atoms with van der Waals surface area (Å²) in [6.07, 6.45) is -3.56. The van der Waals surface area contributed by atoms with Gasteiger partial charge >= 0.3 is 0 Å². The summed E-state index contributed by atoms with van der Waals surface area (Å²) in [5.41, 5.74) is 4.93. The van der Waals surface area contributed by atoms with Gasteiger partial charge in [0.25, 0.3) is 11.8 Å². The summed E-state index contributed by atoms with van der Waals surface area (Å²) in [6.45, 7) is -0.613. The SMILES string of the molecule is NC(=O)c1ncn(C2(O)O[C@H](CO)[C@@H](O)[C@H]2O)n1. The number of primary amides is 1. The molecule has 1 aromatic rings. The van der Waals surface area contributed by atoms with Crippen molar-refractivity contribution in [3.05, 3.63) is 12.2 Å². The highest BCUT2D eigenvalue weighted by molar-refractivity contribution is 5.88. The van der Waals surface area contributed by atoms with Gasteiger partial charge in [0.05, 0.1) is 6.61 Å². The first-order valence-corrected chi connectivity index (χ1v) is 4.99. The van der Waals surface area contributed by atoms with Gasteiger partial charge in [-0.25, -0.2) is 4.98 Å². The first kappa shape index (κ1) is 12.9. The quantitative estimate of drug-likeness (QED) is 0.368. The Balaban J connectivity index is 2.33. The molecule has 0 bridgehead atoms. The van der Waals surface area contributed by atoms with Crippen LogP contribution >= 0.6 is 0 Å². The average molecular weight is 260 g/mol. The zero-order chi connectivity index (χ0) is 13.5. The molecular formula is C8H12N4O6. The Morgan fingerprint density at radius 3 is 2.72 bits per heavy atom. The number of ether oxygens (including phenoxy) is 1. The van der Waals surface area contributed by atoms with Crippen molar-refractivity contribution in [1.29, 1.82) is 0 Å². The molecule has 0 spiro atoms. The molecule has 100 valence electrons. The molecule has 1 amide bonds. The third-order valence-electron chi connectivity index (χ3n) is 2.63. The predicted molar refractivity (Wildman–Crippen MR) is 52.7 cm³/mol. The Morgan fingerprint density at radius 1 is 1.61 bits per heavy atom. The topological polar surface area (TPSA) is 164 Å². The van der Waals surface area contributed by atoms with E-state index in [1.54, 1.807) is 0 Å². The van der Waals surface area contributed by atoms with Crippen LogP contribution in [-0.4, -0.2) is 66.0 Å². The van der Waals surface area contributed by atoms with Crippen LogP contribution in [0, 0.1) is 0 Å². The van der Waals surface area contributed by atoms with Gasteiger partial charge in [0.1, 0.15) is 18.5 Å². The first-order chi connectivity index (χ1) is 8.40. The van der Waals surface area contributed by atoms with E-state index in [-0.39, 0.29) is 5.82 Å². The van der Waals surface area contributed by atoms with Gasteiger partial charge in [-0.2, -0.15) is 4.68 Å². The maximum Gasteiger partial charge on any atom is 0.300 e. The second-order valence-electron chi connectivity index (χ2n) is 3.81. The number of nitrogens with two attached hydrogens (primary N) is 1. The van der Waals surface area contributed by atoms with Crippen molar-refractivity contribution in [2.45, 2.75) is 24.2 Å². The number of carbonyl (C=O) groups excluding carboxylic acids is 1. The summed E-state index contributed by atoms with van der Waals surface area (Å²) < 4.78 is 5.57. The lowest BCUT2D eigenvalue weighted by Crippen LogP contribution is -2.46. The molecule has 1 fully saturated rings. The van der Waals surface area contributed by atoms with Gasteiger partial charge in [0.15, 0.2) is 6.10 Å². The van der Waals surface area contributed by atoms with Crippen molar-refractivity contribution in [2.75, 3.05) is 6.61 Å². The van der Waals surface area contributed by atoms with E-state index in [0.29, 0.717) is 4.68 Å². The van der Waals surface area contributed by atoms with Crippen molar-refractivity contribution in [1.82, 2.24) is 14.8 Å². The van der Waals surface area contributed by atoms with Crippen molar-refractivity contribution >= 4 is 5.91 Å². The van der Waals surface area contributed by atoms with E-state index in [9.17, 15) is 20.1 Å². The third-order valence-corrected chi connectivity index (χ3v) is 2.63. The van der Waals surface area contributed by atoms with Gasteiger partial charge in [-0.15, -0.1) is 5.10 Å². The summed E-state index contributed by atoms with van der Waals surface area (Å²) in [4.78, 5) is 14.3. The second-order valence-corrected chi connectivity index (χ2v) is 3.81. The van der Waals surface area contributed by atoms with Crippen LogP contribution in [0.5, 0.6) is 0 Å². The molecule has 1 saturated heterocycles. The molecule has 0 saturated carbocycles. The molecule has 10 nitrogen and oxygen atoms in total. The van der Waals surface area contributed by atoms with E-state index in [1.165, 1.54) is 0 Å². The molecule has 4 atom stereocenters. The standard InChI is InChI=1S/C8H12N4O6/c9-6(16)7-10-2-12(11-7)8(17)5(15)4(14)3(1-13)18-8/h2-5,13-15,17H,1H2,(H2,9,16)/t3-,4-,5-,8?/m1/s1. The lowest BCUT2D eigenvalue weighted by atomic mass is 10.1. The van der Waals surface area contributed by atoms with E-state index >= 15 is 0 Å². The fraction of sp³-hybridized carbons (Fsp3) is 0.625. The highest BCUT2D eigenvalue weighted by Gasteiger charge is 2.55. The van der Waals surface area contributed by atoms with Gasteiger partial charge < -0.3 is 30.9 Å². The lowest BCUT2D eigenvalue weighted by molar-refractivity contribution is -0.294. The van der Waals surface area contributed by atoms with Crippen molar-refractivity contribution in [3.8, 4) is 0 Å². The van der Waals surface area contributed by atoms with Crippen LogP contribution in [0.15, 0.2) is 6.33 Å². The largest absolute Gasteiger partial charge is 0.394 e. The van der Waals surface area contributed by atoms with E-state index in [4.69, 9.17) is 15.6 Å². The predicted octanol–water partition coefficient (Wildman–Crippen LogP) is -3.91. The van der Waals surface area contributed by atoms with Crippen molar-refractivity contribution in [3.63, 3.8) is 0 Å². The summed E-state index contributed by atoms with van der Waals surface area (Å²) in [5.74, 6) is -3.74. The summed E-state index contributed by atoms with van der Waals surface area (Å²) in [5, 5.41) is 41.7. The van der Waals surface area contributed by atoms with Gasteiger partial charge in [-0.3, -0.25) is 4.79 Å². The second kappa shape index (κ2) is 4.26. The van der Waals surface area contributed by atoms with Crippen LogP contribution < -0.4 is 5.73 Å². The minimum absolute atomic E-state index is 0.388. The van der Waals surface area contributed by atoms with Crippen LogP contribution in [-0.2, 0) is 10.6 Å². The molecule has 1 unspecified atom stereocenters. The Kier molecular flexibility index (Phi) is 3.04. The summed E-state index contributed by atoms with van der Waals surface area (Å²) in [6, 6.07) is 0. The molecule has 18 heavy (non-hydrogen) atoms. The number of nitrogens with zero attached hydrogens (tertiary/aromatic N) is 3. The molecule has 1 aromatic heterocycles. The van der Waals surface area contributed by atoms with Crippen molar-refractivity contribution in [2.24, 2.45) is 5.73 Å². The summed E-state index contributed by atoms with van der Waals surface area (Å²) in [7, 11) is 0. The van der Waals surface area contributed by atoms with Crippen LogP contribution in [0.2, 0.25) is 0 Å². The minimum Gasteiger partial charge on any atom is -0.394 e. The molecule has 0 radical (unpaired) electrons. The number of amides is 1. The van der Waals surface area contributed by atoms with Crippen LogP contribution in [0.1, 0.15) is 10.6 Å². The van der Waals surface area contributed by atoms with E-state index in [1.807, 2.05) is 0 Å². The molecule has 6 N–H and O–H groups in total. The molecular weight excluding hydrogens is 248 g/mol. The summed E-state index contributed by atoms with van der Waals surface area (Å²) >= 11 is 0. The van der Waals surface area contributed by atoms with Crippen LogP contribution in [0.25, 0.3) is 0 Å². The highest BCUT2D eigenvalue weighted by atomic mass is 16.7. The minimum atomic E-state index is -2.42. The molecule has 1 aliphatic heterocycles. The molecule has 0 aromatic carbocycles. The van der Waals surface area contributed by atoms with E-state index in [2.05, 4.69) is 10.1 Å². The van der Waals surface area contributed by atoms with Crippen LogP contribution in [0.3, 0.4) is 0 Å². The number of rotatable bonds is 3. The van der Waals surface area contributed by atoms with Crippen molar-refractivity contribution < 1.29 is 30.0 Å².